The summed E-state index contributed by atoms with van der Waals surface area (Å²) in [6.07, 6.45) is 0.207. The molecule has 106 valence electrons. The van der Waals surface area contributed by atoms with E-state index in [1.54, 1.807) is 12.1 Å². The van der Waals surface area contributed by atoms with Gasteiger partial charge in [0.1, 0.15) is 0 Å². The molecule has 0 spiro atoms. The monoisotopic (exact) mass is 294 g/mol. The molecule has 1 fully saturated rings. The first kappa shape index (κ1) is 14.7. The highest BCUT2D eigenvalue weighted by atomic mass is 31.1. The van der Waals surface area contributed by atoms with Crippen LogP contribution >= 0.6 is 8.18 Å². The Morgan fingerprint density at radius 2 is 1.55 bits per heavy atom. The molecule has 6 heteroatoms. The molecule has 0 aromatic heterocycles. The molecule has 1 aromatic rings. The van der Waals surface area contributed by atoms with Crippen molar-refractivity contribution in [3.63, 3.8) is 0 Å². The van der Waals surface area contributed by atoms with Gasteiger partial charge in [-0.05, 0) is 27.8 Å². The summed E-state index contributed by atoms with van der Waals surface area (Å²) >= 11 is 0. The van der Waals surface area contributed by atoms with Crippen molar-refractivity contribution in [1.29, 1.82) is 0 Å². The van der Waals surface area contributed by atoms with E-state index in [4.69, 9.17) is 4.52 Å². The number of rotatable bonds is 3. The van der Waals surface area contributed by atoms with Crippen molar-refractivity contribution in [1.82, 2.24) is 4.67 Å². The highest BCUT2D eigenvalue weighted by Gasteiger charge is 2.46. The topological polar surface area (TPSA) is 63.7 Å². The number of carbonyl (C=O) groups excluding carboxylic acids is 2. The summed E-state index contributed by atoms with van der Waals surface area (Å²) in [4.78, 5) is 22.9. The number of amides is 2. The third-order valence-electron chi connectivity index (χ3n) is 3.09. The Morgan fingerprint density at radius 3 is 2.00 bits per heavy atom. The molecule has 1 saturated heterocycles. The van der Waals surface area contributed by atoms with Crippen molar-refractivity contribution < 1.29 is 18.7 Å². The number of imide groups is 1. The lowest BCUT2D eigenvalue weighted by atomic mass is 9.87. The lowest BCUT2D eigenvalue weighted by molar-refractivity contribution is -0.132. The van der Waals surface area contributed by atoms with E-state index in [0.717, 1.165) is 5.56 Å². The predicted octanol–water partition coefficient (Wildman–Crippen LogP) is 3.17. The zero-order valence-corrected chi connectivity index (χ0v) is 12.6. The van der Waals surface area contributed by atoms with Crippen molar-refractivity contribution >= 4 is 20.0 Å². The maximum absolute atomic E-state index is 11.9. The molecule has 1 unspecified atom stereocenters. The van der Waals surface area contributed by atoms with Gasteiger partial charge in [-0.25, -0.2) is 4.52 Å². The maximum Gasteiger partial charge on any atom is 0.707 e. The van der Waals surface area contributed by atoms with Gasteiger partial charge >= 0.3 is 8.18 Å². The second kappa shape index (κ2) is 5.33. The fraction of sp³-hybridized carbons (Fsp3) is 0.429. The first-order chi connectivity index (χ1) is 9.29. The zero-order chi connectivity index (χ0) is 14.9. The van der Waals surface area contributed by atoms with Gasteiger partial charge in [0.2, 0.25) is 0 Å². The highest BCUT2D eigenvalue weighted by molar-refractivity contribution is 7.38. The van der Waals surface area contributed by atoms with Crippen LogP contribution in [0, 0.1) is 0 Å². The third kappa shape index (κ3) is 3.05. The number of carbonyl (C=O) groups is 2. The van der Waals surface area contributed by atoms with Gasteiger partial charge < -0.3 is 0 Å². The second-order valence-electron chi connectivity index (χ2n) is 5.70. The summed E-state index contributed by atoms with van der Waals surface area (Å²) in [5.41, 5.74) is 1.13. The van der Waals surface area contributed by atoms with Gasteiger partial charge in [0.25, 0.3) is 11.8 Å². The van der Waals surface area contributed by atoms with Crippen LogP contribution in [0.4, 0.5) is 0 Å². The number of hydrogen-bond donors (Lipinski definition) is 0. The summed E-state index contributed by atoms with van der Waals surface area (Å²) in [5.74, 6) is -0.503. The normalized spacial score (nSPS) is 16.6. The van der Waals surface area contributed by atoms with Crippen LogP contribution in [0.1, 0.15) is 39.2 Å². The van der Waals surface area contributed by atoms with E-state index in [1.165, 1.54) is 0 Å². The molecule has 2 rings (SSSR count). The van der Waals surface area contributed by atoms with Crippen molar-refractivity contribution in [2.24, 2.45) is 0 Å². The summed E-state index contributed by atoms with van der Waals surface area (Å²) in [7, 11) is -2.49. The molecule has 0 radical (unpaired) electrons. The zero-order valence-electron chi connectivity index (χ0n) is 11.8. The summed E-state index contributed by atoms with van der Waals surface area (Å²) in [6.45, 7) is 6.26. The molecule has 5 nitrogen and oxygen atoms in total. The van der Waals surface area contributed by atoms with Crippen molar-refractivity contribution in [2.45, 2.75) is 39.0 Å². The van der Waals surface area contributed by atoms with Crippen LogP contribution in [0.5, 0.6) is 5.75 Å². The summed E-state index contributed by atoms with van der Waals surface area (Å²) in [5, 5.41) is 0. The molecule has 2 amide bonds. The summed E-state index contributed by atoms with van der Waals surface area (Å²) in [6, 6.07) is 7.15. The molecule has 1 aromatic carbocycles. The third-order valence-corrected chi connectivity index (χ3v) is 4.23. The number of benzene rings is 1. The molecule has 0 N–H and O–H groups in total. The standard InChI is InChI=1S/C14H17NO4P/c1-14(2,3)10-4-6-11(7-5-10)19-20(18)15-12(16)8-9-13(15)17/h4-7H,8-9H2,1-3H3/q+1. The SMILES string of the molecule is CC(C)(C)c1ccc(O[P+](=O)N2C(=O)CCC2=O)cc1. The first-order valence-electron chi connectivity index (χ1n) is 6.40. The van der Waals surface area contributed by atoms with Crippen molar-refractivity contribution in [3.05, 3.63) is 29.8 Å². The van der Waals surface area contributed by atoms with Gasteiger partial charge in [0.05, 0.1) is 0 Å². The Balaban J connectivity index is 2.09. The highest BCUT2D eigenvalue weighted by Crippen LogP contribution is 2.36. The molecule has 1 heterocycles. The van der Waals surface area contributed by atoms with Gasteiger partial charge in [-0.3, -0.25) is 9.59 Å². The Bertz CT molecular complexity index is 544. The molecule has 1 atom stereocenters. The molecule has 1 aliphatic heterocycles. The molecule has 0 aliphatic carbocycles. The molecule has 1 aliphatic rings. The van der Waals surface area contributed by atoms with E-state index in [-0.39, 0.29) is 18.3 Å². The van der Waals surface area contributed by atoms with Gasteiger partial charge in [-0.1, -0.05) is 32.9 Å². The minimum absolute atomic E-state index is 0.0155. The molecular formula is C14H17NO4P+. The van der Waals surface area contributed by atoms with Crippen LogP contribution in [0.25, 0.3) is 0 Å². The largest absolute Gasteiger partial charge is 0.707 e. The van der Waals surface area contributed by atoms with E-state index >= 15 is 0 Å². The van der Waals surface area contributed by atoms with Crippen molar-refractivity contribution in [3.8, 4) is 5.75 Å². The average molecular weight is 294 g/mol. The minimum atomic E-state index is -2.49. The van der Waals surface area contributed by atoms with E-state index in [0.29, 0.717) is 10.4 Å². The van der Waals surface area contributed by atoms with Gasteiger partial charge in [-0.15, -0.1) is 0 Å². The Labute approximate surface area is 118 Å². The smallest absolute Gasteiger partial charge is 0.270 e. The molecular weight excluding hydrogens is 277 g/mol. The van der Waals surface area contributed by atoms with Crippen molar-refractivity contribution in [2.75, 3.05) is 0 Å². The van der Waals surface area contributed by atoms with Gasteiger partial charge in [0.15, 0.2) is 5.75 Å². The number of hydrogen-bond acceptors (Lipinski definition) is 4. The fourth-order valence-electron chi connectivity index (χ4n) is 1.89. The lowest BCUT2D eigenvalue weighted by Crippen LogP contribution is -2.22. The van der Waals surface area contributed by atoms with Crippen LogP contribution in [0.2, 0.25) is 0 Å². The van der Waals surface area contributed by atoms with Crippen LogP contribution in [0.15, 0.2) is 24.3 Å². The molecule has 0 bridgehead atoms. The average Bonchev–Trinajstić information content (AvgIpc) is 2.68. The Morgan fingerprint density at radius 1 is 1.05 bits per heavy atom. The van der Waals surface area contributed by atoms with E-state index in [1.807, 2.05) is 12.1 Å². The predicted molar refractivity (Wildman–Crippen MR) is 74.5 cm³/mol. The van der Waals surface area contributed by atoms with Gasteiger partial charge in [0, 0.05) is 17.4 Å². The molecule has 0 saturated carbocycles. The Hall–Kier alpha value is -1.74. The second-order valence-corrected chi connectivity index (χ2v) is 6.76. The Kier molecular flexibility index (Phi) is 3.91. The minimum Gasteiger partial charge on any atom is -0.270 e. The molecule has 20 heavy (non-hydrogen) atoms. The summed E-state index contributed by atoms with van der Waals surface area (Å²) < 4.78 is 17.8. The van der Waals surface area contributed by atoms with E-state index < -0.39 is 20.0 Å². The first-order valence-corrected chi connectivity index (χ1v) is 7.53. The quantitative estimate of drug-likeness (QED) is 0.634. The van der Waals surface area contributed by atoms with Crippen LogP contribution in [-0.2, 0) is 19.6 Å². The van der Waals surface area contributed by atoms with Crippen LogP contribution in [0.3, 0.4) is 0 Å². The van der Waals surface area contributed by atoms with Gasteiger partial charge in [-0.2, -0.15) is 0 Å². The lowest BCUT2D eigenvalue weighted by Gasteiger charge is -2.18. The maximum atomic E-state index is 11.9. The van der Waals surface area contributed by atoms with Crippen LogP contribution in [-0.4, -0.2) is 16.5 Å². The van der Waals surface area contributed by atoms with E-state index in [9.17, 15) is 14.2 Å². The van der Waals surface area contributed by atoms with Crippen LogP contribution < -0.4 is 4.52 Å². The fourth-order valence-corrected chi connectivity index (χ4v) is 2.84. The van der Waals surface area contributed by atoms with E-state index in [2.05, 4.69) is 20.8 Å². The number of nitrogens with zero attached hydrogens (tertiary/aromatic N) is 1.